The number of amides is 2. The van der Waals surface area contributed by atoms with Gasteiger partial charge in [-0.1, -0.05) is 0 Å². The minimum atomic E-state index is -0.980. The summed E-state index contributed by atoms with van der Waals surface area (Å²) >= 11 is 0. The fourth-order valence-electron chi connectivity index (χ4n) is 2.44. The van der Waals surface area contributed by atoms with E-state index in [-0.39, 0.29) is 18.1 Å². The monoisotopic (exact) mass is 299 g/mol. The molecule has 7 heteroatoms. The van der Waals surface area contributed by atoms with Crippen LogP contribution < -0.4 is 11.1 Å². The number of ether oxygens (including phenoxy) is 2. The lowest BCUT2D eigenvalue weighted by Gasteiger charge is -2.33. The SMILES string of the molecule is CN(C)CCO[C@@H]1COCC[C@H]1NC(=O)C1(C(N)=O)CC1. The number of nitrogens with one attached hydrogen (secondary N) is 1. The van der Waals surface area contributed by atoms with Crippen molar-refractivity contribution in [2.24, 2.45) is 11.1 Å². The predicted octanol–water partition coefficient (Wildman–Crippen LogP) is -0.896. The van der Waals surface area contributed by atoms with E-state index >= 15 is 0 Å². The quantitative estimate of drug-likeness (QED) is 0.594. The number of rotatable bonds is 7. The van der Waals surface area contributed by atoms with E-state index in [1.807, 2.05) is 19.0 Å². The van der Waals surface area contributed by atoms with Crippen LogP contribution in [0, 0.1) is 5.41 Å². The summed E-state index contributed by atoms with van der Waals surface area (Å²) in [5.74, 6) is -0.791. The number of hydrogen-bond acceptors (Lipinski definition) is 5. The van der Waals surface area contributed by atoms with Gasteiger partial charge >= 0.3 is 0 Å². The Hall–Kier alpha value is -1.18. The van der Waals surface area contributed by atoms with Crippen molar-refractivity contribution in [3.05, 3.63) is 0 Å². The fraction of sp³-hybridized carbons (Fsp3) is 0.857. The molecule has 1 saturated heterocycles. The van der Waals surface area contributed by atoms with E-state index in [2.05, 4.69) is 5.32 Å². The van der Waals surface area contributed by atoms with Crippen molar-refractivity contribution in [1.29, 1.82) is 0 Å². The van der Waals surface area contributed by atoms with E-state index in [1.165, 1.54) is 0 Å². The standard InChI is InChI=1S/C14H25N3O4/c1-17(2)6-8-21-11-9-20-7-3-10(11)16-13(19)14(4-5-14)12(15)18/h10-11H,3-9H2,1-2H3,(H2,15,18)(H,16,19)/t10-,11-/m1/s1. The van der Waals surface area contributed by atoms with Gasteiger partial charge < -0.3 is 25.4 Å². The lowest BCUT2D eigenvalue weighted by molar-refractivity contribution is -0.138. The van der Waals surface area contributed by atoms with Crippen molar-refractivity contribution in [3.63, 3.8) is 0 Å². The van der Waals surface area contributed by atoms with Crippen LogP contribution in [0.2, 0.25) is 0 Å². The molecule has 1 aliphatic carbocycles. The number of nitrogens with two attached hydrogens (primary N) is 1. The van der Waals surface area contributed by atoms with Crippen molar-refractivity contribution in [1.82, 2.24) is 10.2 Å². The minimum Gasteiger partial charge on any atom is -0.379 e. The second-order valence-electron chi connectivity index (χ2n) is 6.10. The molecule has 21 heavy (non-hydrogen) atoms. The largest absolute Gasteiger partial charge is 0.379 e. The number of likely N-dealkylation sites (N-methyl/N-ethyl adjacent to an activating group) is 1. The van der Waals surface area contributed by atoms with Crippen molar-refractivity contribution >= 4 is 11.8 Å². The molecule has 0 radical (unpaired) electrons. The zero-order valence-electron chi connectivity index (χ0n) is 12.8. The Labute approximate surface area is 125 Å². The number of nitrogens with zero attached hydrogens (tertiary/aromatic N) is 1. The Kier molecular flexibility index (Phi) is 5.18. The van der Waals surface area contributed by atoms with E-state index < -0.39 is 11.3 Å². The summed E-state index contributed by atoms with van der Waals surface area (Å²) in [4.78, 5) is 25.7. The minimum absolute atomic E-state index is 0.120. The molecular formula is C14H25N3O4. The Morgan fingerprint density at radius 3 is 2.71 bits per heavy atom. The van der Waals surface area contributed by atoms with Crippen LogP contribution in [0.5, 0.6) is 0 Å². The summed E-state index contributed by atoms with van der Waals surface area (Å²) in [6, 6.07) is -0.120. The van der Waals surface area contributed by atoms with Crippen LogP contribution in [-0.2, 0) is 19.1 Å². The molecular weight excluding hydrogens is 274 g/mol. The van der Waals surface area contributed by atoms with E-state index in [0.29, 0.717) is 39.1 Å². The van der Waals surface area contributed by atoms with Gasteiger partial charge in [-0.15, -0.1) is 0 Å². The van der Waals surface area contributed by atoms with Gasteiger partial charge in [0, 0.05) is 13.2 Å². The summed E-state index contributed by atoms with van der Waals surface area (Å²) in [5, 5.41) is 2.93. The summed E-state index contributed by atoms with van der Waals surface area (Å²) in [7, 11) is 3.95. The van der Waals surface area contributed by atoms with Crippen LogP contribution >= 0.6 is 0 Å². The smallest absolute Gasteiger partial charge is 0.235 e. The zero-order valence-corrected chi connectivity index (χ0v) is 12.8. The van der Waals surface area contributed by atoms with Crippen LogP contribution in [0.25, 0.3) is 0 Å². The molecule has 0 bridgehead atoms. The lowest BCUT2D eigenvalue weighted by Crippen LogP contribution is -2.53. The highest BCUT2D eigenvalue weighted by Gasteiger charge is 2.56. The number of hydrogen-bond donors (Lipinski definition) is 2. The topological polar surface area (TPSA) is 93.9 Å². The number of primary amides is 1. The van der Waals surface area contributed by atoms with Gasteiger partial charge in [-0.2, -0.15) is 0 Å². The van der Waals surface area contributed by atoms with Crippen molar-refractivity contribution in [3.8, 4) is 0 Å². The van der Waals surface area contributed by atoms with E-state index in [1.54, 1.807) is 0 Å². The summed E-state index contributed by atoms with van der Waals surface area (Å²) < 4.78 is 11.2. The zero-order chi connectivity index (χ0) is 15.5. The fourth-order valence-corrected chi connectivity index (χ4v) is 2.44. The van der Waals surface area contributed by atoms with Gasteiger partial charge in [0.1, 0.15) is 11.5 Å². The maximum atomic E-state index is 12.2. The molecule has 7 nitrogen and oxygen atoms in total. The maximum absolute atomic E-state index is 12.2. The van der Waals surface area contributed by atoms with Gasteiger partial charge in [-0.05, 0) is 33.4 Å². The first-order chi connectivity index (χ1) is 9.95. The van der Waals surface area contributed by atoms with Crippen LogP contribution in [0.1, 0.15) is 19.3 Å². The molecule has 2 aliphatic rings. The van der Waals surface area contributed by atoms with Crippen LogP contribution in [0.4, 0.5) is 0 Å². The Morgan fingerprint density at radius 2 is 2.14 bits per heavy atom. The van der Waals surface area contributed by atoms with Gasteiger partial charge in [-0.3, -0.25) is 9.59 Å². The van der Waals surface area contributed by atoms with Crippen LogP contribution in [0.3, 0.4) is 0 Å². The molecule has 0 aromatic rings. The lowest BCUT2D eigenvalue weighted by atomic mass is 10.0. The average molecular weight is 299 g/mol. The van der Waals surface area contributed by atoms with Gasteiger partial charge in [0.15, 0.2) is 0 Å². The number of carbonyl (C=O) groups is 2. The molecule has 2 amide bonds. The first-order valence-electron chi connectivity index (χ1n) is 7.40. The highest BCUT2D eigenvalue weighted by molar-refractivity contribution is 6.07. The third-order valence-corrected chi connectivity index (χ3v) is 4.15. The second-order valence-corrected chi connectivity index (χ2v) is 6.10. The molecule has 0 unspecified atom stereocenters. The Balaban J connectivity index is 1.87. The van der Waals surface area contributed by atoms with E-state index in [0.717, 1.165) is 6.54 Å². The molecule has 1 saturated carbocycles. The molecule has 2 rings (SSSR count). The number of carbonyl (C=O) groups excluding carboxylic acids is 2. The molecule has 2 atom stereocenters. The molecule has 1 aliphatic heterocycles. The molecule has 2 fully saturated rings. The van der Waals surface area contributed by atoms with Gasteiger partial charge in [0.2, 0.25) is 11.8 Å². The molecule has 1 heterocycles. The van der Waals surface area contributed by atoms with Crippen LogP contribution in [0.15, 0.2) is 0 Å². The molecule has 0 aromatic carbocycles. The molecule has 120 valence electrons. The predicted molar refractivity (Wildman–Crippen MR) is 76.5 cm³/mol. The first-order valence-corrected chi connectivity index (χ1v) is 7.40. The Bertz CT molecular complexity index is 396. The first kappa shape index (κ1) is 16.2. The van der Waals surface area contributed by atoms with Crippen LogP contribution in [-0.4, -0.2) is 69.3 Å². The maximum Gasteiger partial charge on any atom is 0.235 e. The van der Waals surface area contributed by atoms with Gasteiger partial charge in [0.25, 0.3) is 0 Å². The van der Waals surface area contributed by atoms with Crippen molar-refractivity contribution in [2.45, 2.75) is 31.4 Å². The second kappa shape index (κ2) is 6.72. The van der Waals surface area contributed by atoms with Crippen molar-refractivity contribution in [2.75, 3.05) is 40.5 Å². The molecule has 0 spiro atoms. The molecule has 0 aromatic heterocycles. The highest BCUT2D eigenvalue weighted by Crippen LogP contribution is 2.45. The van der Waals surface area contributed by atoms with Gasteiger partial charge in [-0.25, -0.2) is 0 Å². The summed E-state index contributed by atoms with van der Waals surface area (Å²) in [6.07, 6.45) is 1.60. The Morgan fingerprint density at radius 1 is 1.43 bits per heavy atom. The summed E-state index contributed by atoms with van der Waals surface area (Å²) in [6.45, 7) is 2.43. The van der Waals surface area contributed by atoms with Gasteiger partial charge in [0.05, 0.1) is 19.3 Å². The average Bonchev–Trinajstić information content (AvgIpc) is 3.21. The van der Waals surface area contributed by atoms with E-state index in [9.17, 15) is 9.59 Å². The third-order valence-electron chi connectivity index (χ3n) is 4.15. The third kappa shape index (κ3) is 3.93. The van der Waals surface area contributed by atoms with Crippen molar-refractivity contribution < 1.29 is 19.1 Å². The highest BCUT2D eigenvalue weighted by atomic mass is 16.5. The summed E-state index contributed by atoms with van der Waals surface area (Å²) in [5.41, 5.74) is 4.35. The molecule has 3 N–H and O–H groups in total. The van der Waals surface area contributed by atoms with E-state index in [4.69, 9.17) is 15.2 Å². The normalized spacial score (nSPS) is 27.4.